The second-order valence-corrected chi connectivity index (χ2v) is 6.59. The molecule has 0 aromatic heterocycles. The normalized spacial score (nSPS) is 21.8. The van der Waals surface area contributed by atoms with Crippen molar-refractivity contribution in [2.75, 3.05) is 0 Å². The molecule has 0 atom stereocenters. The summed E-state index contributed by atoms with van der Waals surface area (Å²) in [6, 6.07) is 3.77. The van der Waals surface area contributed by atoms with E-state index in [4.69, 9.17) is 0 Å². The van der Waals surface area contributed by atoms with Gasteiger partial charge < -0.3 is 0 Å². The molecule has 0 bridgehead atoms. The predicted molar refractivity (Wildman–Crippen MR) is 83.4 cm³/mol. The number of rotatable bonds is 3. The number of halogens is 4. The van der Waals surface area contributed by atoms with E-state index in [9.17, 15) is 17.6 Å². The van der Waals surface area contributed by atoms with Crippen LogP contribution in [0.5, 0.6) is 0 Å². The van der Waals surface area contributed by atoms with E-state index in [0.29, 0.717) is 0 Å². The maximum Gasteiger partial charge on any atom is 0.195 e. The molecule has 0 aliphatic heterocycles. The summed E-state index contributed by atoms with van der Waals surface area (Å²) in [5, 5.41) is -0.376. The maximum absolute atomic E-state index is 14.2. The summed E-state index contributed by atoms with van der Waals surface area (Å²) in [7, 11) is 0. The minimum Gasteiger partial charge on any atom is -0.206 e. The van der Waals surface area contributed by atoms with Crippen molar-refractivity contribution in [3.8, 4) is 0 Å². The van der Waals surface area contributed by atoms with Crippen molar-refractivity contribution in [1.82, 2.24) is 0 Å². The van der Waals surface area contributed by atoms with Crippen LogP contribution in [0.15, 0.2) is 18.2 Å². The molecule has 2 aromatic carbocycles. The Bertz CT molecular complexity index is 715. The molecule has 0 N–H and O–H groups in total. The van der Waals surface area contributed by atoms with E-state index in [1.54, 1.807) is 6.07 Å². The summed E-state index contributed by atoms with van der Waals surface area (Å²) >= 11 is 0. The average Bonchev–Trinajstić information content (AvgIpc) is 2.53. The molecule has 0 nitrogen and oxygen atoms in total. The molecule has 1 saturated carbocycles. The summed E-state index contributed by atoms with van der Waals surface area (Å²) in [5.41, 5.74) is 0.760. The first-order valence-corrected chi connectivity index (χ1v) is 8.28. The van der Waals surface area contributed by atoms with Crippen molar-refractivity contribution >= 4 is 10.8 Å². The van der Waals surface area contributed by atoms with Crippen LogP contribution in [0, 0.1) is 29.2 Å². The molecule has 0 heterocycles. The molecule has 23 heavy (non-hydrogen) atoms. The van der Waals surface area contributed by atoms with E-state index in [1.165, 1.54) is 18.9 Å². The Kier molecular flexibility index (Phi) is 4.60. The van der Waals surface area contributed by atoms with E-state index < -0.39 is 28.7 Å². The standard InChI is InChI=1S/C19H20F4/c1-2-3-11-4-6-12(7-5-11)13-8-14-10-16(21)18(22)19(23)17(14)15(20)9-13/h8-12H,2-7H2,1H3. The van der Waals surface area contributed by atoms with Gasteiger partial charge in [-0.25, -0.2) is 17.6 Å². The van der Waals surface area contributed by atoms with Crippen molar-refractivity contribution in [1.29, 1.82) is 0 Å². The fraction of sp³-hybridized carbons (Fsp3) is 0.474. The third-order valence-electron chi connectivity index (χ3n) is 5.06. The Balaban J connectivity index is 1.93. The van der Waals surface area contributed by atoms with E-state index in [-0.39, 0.29) is 11.3 Å². The monoisotopic (exact) mass is 324 g/mol. The van der Waals surface area contributed by atoms with Gasteiger partial charge in [0.2, 0.25) is 0 Å². The smallest absolute Gasteiger partial charge is 0.195 e. The van der Waals surface area contributed by atoms with Crippen LogP contribution in [-0.2, 0) is 0 Å². The Morgan fingerprint density at radius 1 is 0.870 bits per heavy atom. The van der Waals surface area contributed by atoms with Crippen molar-refractivity contribution in [3.63, 3.8) is 0 Å². The molecule has 1 aliphatic rings. The number of fused-ring (bicyclic) bond motifs is 1. The van der Waals surface area contributed by atoms with Crippen LogP contribution in [0.3, 0.4) is 0 Å². The summed E-state index contributed by atoms with van der Waals surface area (Å²) < 4.78 is 54.7. The predicted octanol–water partition coefficient (Wildman–Crippen LogP) is 6.47. The molecule has 3 rings (SSSR count). The minimum absolute atomic E-state index is 0.0899. The van der Waals surface area contributed by atoms with Crippen LogP contribution < -0.4 is 0 Å². The van der Waals surface area contributed by atoms with Crippen molar-refractivity contribution in [2.24, 2.45) is 5.92 Å². The van der Waals surface area contributed by atoms with Gasteiger partial charge in [-0.1, -0.05) is 25.8 Å². The van der Waals surface area contributed by atoms with Crippen molar-refractivity contribution in [2.45, 2.75) is 51.4 Å². The molecular weight excluding hydrogens is 304 g/mol. The summed E-state index contributed by atoms with van der Waals surface area (Å²) in [6.07, 6.45) is 6.51. The molecule has 1 fully saturated rings. The van der Waals surface area contributed by atoms with E-state index in [2.05, 4.69) is 6.92 Å². The van der Waals surface area contributed by atoms with Gasteiger partial charge in [-0.3, -0.25) is 0 Å². The Morgan fingerprint density at radius 2 is 1.57 bits per heavy atom. The van der Waals surface area contributed by atoms with Crippen LogP contribution >= 0.6 is 0 Å². The zero-order valence-corrected chi connectivity index (χ0v) is 13.1. The van der Waals surface area contributed by atoms with E-state index >= 15 is 0 Å². The molecule has 124 valence electrons. The average molecular weight is 324 g/mol. The van der Waals surface area contributed by atoms with Gasteiger partial charge in [0, 0.05) is 0 Å². The molecule has 1 aliphatic carbocycles. The Labute approximate surface area is 133 Å². The molecule has 0 saturated heterocycles. The largest absolute Gasteiger partial charge is 0.206 e. The second kappa shape index (κ2) is 6.50. The molecule has 0 amide bonds. The lowest BCUT2D eigenvalue weighted by atomic mass is 9.77. The van der Waals surface area contributed by atoms with Crippen LogP contribution in [-0.4, -0.2) is 0 Å². The van der Waals surface area contributed by atoms with Crippen LogP contribution in [0.1, 0.15) is 56.9 Å². The van der Waals surface area contributed by atoms with Gasteiger partial charge in [0.25, 0.3) is 0 Å². The van der Waals surface area contributed by atoms with Gasteiger partial charge in [-0.2, -0.15) is 0 Å². The molecule has 4 heteroatoms. The van der Waals surface area contributed by atoms with Crippen molar-refractivity contribution < 1.29 is 17.6 Å². The molecule has 2 aromatic rings. The summed E-state index contributed by atoms with van der Waals surface area (Å²) in [6.45, 7) is 2.17. The third kappa shape index (κ3) is 3.08. The quantitative estimate of drug-likeness (QED) is 0.448. The van der Waals surface area contributed by atoms with Crippen LogP contribution in [0.4, 0.5) is 17.6 Å². The zero-order chi connectivity index (χ0) is 16.6. The fourth-order valence-corrected chi connectivity index (χ4v) is 3.84. The van der Waals surface area contributed by atoms with Gasteiger partial charge in [-0.15, -0.1) is 0 Å². The molecule has 0 radical (unpaired) electrons. The fourth-order valence-electron chi connectivity index (χ4n) is 3.84. The Hall–Kier alpha value is -1.58. The molecule has 0 spiro atoms. The highest BCUT2D eigenvalue weighted by molar-refractivity contribution is 5.84. The van der Waals surface area contributed by atoms with Crippen LogP contribution in [0.2, 0.25) is 0 Å². The van der Waals surface area contributed by atoms with Crippen molar-refractivity contribution in [3.05, 3.63) is 47.0 Å². The lowest BCUT2D eigenvalue weighted by Crippen LogP contribution is -2.13. The topological polar surface area (TPSA) is 0 Å². The van der Waals surface area contributed by atoms with Gasteiger partial charge in [-0.05, 0) is 60.6 Å². The number of hydrogen-bond donors (Lipinski definition) is 0. The van der Waals surface area contributed by atoms with E-state index in [0.717, 1.165) is 43.2 Å². The van der Waals surface area contributed by atoms with Gasteiger partial charge >= 0.3 is 0 Å². The first-order chi connectivity index (χ1) is 11.0. The van der Waals surface area contributed by atoms with E-state index in [1.807, 2.05) is 0 Å². The highest BCUT2D eigenvalue weighted by Gasteiger charge is 2.24. The SMILES string of the molecule is CCCC1CCC(c2cc(F)c3c(F)c(F)c(F)cc3c2)CC1. The van der Waals surface area contributed by atoms with Gasteiger partial charge in [0.05, 0.1) is 5.39 Å². The molecular formula is C19H20F4. The first-order valence-electron chi connectivity index (χ1n) is 8.28. The zero-order valence-electron chi connectivity index (χ0n) is 13.1. The van der Waals surface area contributed by atoms with Crippen LogP contribution in [0.25, 0.3) is 10.8 Å². The molecule has 0 unspecified atom stereocenters. The number of benzene rings is 2. The number of hydrogen-bond acceptors (Lipinski definition) is 0. The van der Waals surface area contributed by atoms with Gasteiger partial charge in [0.15, 0.2) is 17.5 Å². The summed E-state index contributed by atoms with van der Waals surface area (Å²) in [4.78, 5) is 0. The highest BCUT2D eigenvalue weighted by atomic mass is 19.2. The maximum atomic E-state index is 14.2. The third-order valence-corrected chi connectivity index (χ3v) is 5.06. The first kappa shape index (κ1) is 16.3. The second-order valence-electron chi connectivity index (χ2n) is 6.59. The highest BCUT2D eigenvalue weighted by Crippen LogP contribution is 2.39. The lowest BCUT2D eigenvalue weighted by molar-refractivity contribution is 0.308. The lowest BCUT2D eigenvalue weighted by Gasteiger charge is -2.29. The van der Waals surface area contributed by atoms with Gasteiger partial charge in [0.1, 0.15) is 5.82 Å². The Morgan fingerprint density at radius 3 is 2.22 bits per heavy atom. The summed E-state index contributed by atoms with van der Waals surface area (Å²) in [5.74, 6) is -4.23. The minimum atomic E-state index is -1.62.